The smallest absolute Gasteiger partial charge is 0.260 e. The fourth-order valence-corrected chi connectivity index (χ4v) is 2.72. The highest BCUT2D eigenvalue weighted by atomic mass is 16.5. The molecule has 0 spiro atoms. The van der Waals surface area contributed by atoms with Crippen LogP contribution < -0.4 is 19.5 Å². The summed E-state index contributed by atoms with van der Waals surface area (Å²) in [6.45, 7) is 2.45. The second-order valence-corrected chi connectivity index (χ2v) is 6.06. The molecule has 0 fully saturated rings. The SMILES string of the molecule is COc1ccccc1OCCNC(=O)[C@H](C)Oc1ccc2ccccc2c1. The van der Waals surface area contributed by atoms with Gasteiger partial charge in [-0.2, -0.15) is 0 Å². The third-order valence-corrected chi connectivity index (χ3v) is 4.13. The number of methoxy groups -OCH3 is 1. The summed E-state index contributed by atoms with van der Waals surface area (Å²) >= 11 is 0. The van der Waals surface area contributed by atoms with Crippen LogP contribution >= 0.6 is 0 Å². The molecule has 0 saturated heterocycles. The maximum absolute atomic E-state index is 12.2. The zero-order chi connectivity index (χ0) is 19.1. The van der Waals surface area contributed by atoms with Crippen molar-refractivity contribution in [3.05, 3.63) is 66.7 Å². The van der Waals surface area contributed by atoms with Gasteiger partial charge in [0.1, 0.15) is 12.4 Å². The molecule has 0 unspecified atom stereocenters. The van der Waals surface area contributed by atoms with Crippen molar-refractivity contribution >= 4 is 16.7 Å². The average molecular weight is 365 g/mol. The fraction of sp³-hybridized carbons (Fsp3) is 0.227. The maximum atomic E-state index is 12.2. The Bertz CT molecular complexity index is 909. The van der Waals surface area contributed by atoms with E-state index >= 15 is 0 Å². The van der Waals surface area contributed by atoms with E-state index in [2.05, 4.69) is 5.32 Å². The zero-order valence-corrected chi connectivity index (χ0v) is 15.5. The van der Waals surface area contributed by atoms with E-state index in [4.69, 9.17) is 14.2 Å². The van der Waals surface area contributed by atoms with Gasteiger partial charge in [-0.15, -0.1) is 0 Å². The van der Waals surface area contributed by atoms with Crippen LogP contribution in [-0.2, 0) is 4.79 Å². The number of hydrogen-bond donors (Lipinski definition) is 1. The lowest BCUT2D eigenvalue weighted by Crippen LogP contribution is -2.38. The average Bonchev–Trinajstić information content (AvgIpc) is 2.71. The maximum Gasteiger partial charge on any atom is 0.260 e. The van der Waals surface area contributed by atoms with Gasteiger partial charge in [0, 0.05) is 0 Å². The summed E-state index contributed by atoms with van der Waals surface area (Å²) in [7, 11) is 1.59. The van der Waals surface area contributed by atoms with Gasteiger partial charge in [-0.3, -0.25) is 4.79 Å². The van der Waals surface area contributed by atoms with Crippen molar-refractivity contribution in [2.75, 3.05) is 20.3 Å². The van der Waals surface area contributed by atoms with Gasteiger partial charge in [0.15, 0.2) is 17.6 Å². The van der Waals surface area contributed by atoms with Gasteiger partial charge in [0.2, 0.25) is 0 Å². The minimum absolute atomic E-state index is 0.188. The number of carbonyl (C=O) groups is 1. The van der Waals surface area contributed by atoms with Crippen molar-refractivity contribution in [3.63, 3.8) is 0 Å². The van der Waals surface area contributed by atoms with E-state index in [1.165, 1.54) is 0 Å². The number of para-hydroxylation sites is 2. The lowest BCUT2D eigenvalue weighted by molar-refractivity contribution is -0.127. The van der Waals surface area contributed by atoms with E-state index < -0.39 is 6.10 Å². The summed E-state index contributed by atoms with van der Waals surface area (Å²) in [6, 6.07) is 21.2. The summed E-state index contributed by atoms with van der Waals surface area (Å²) in [5.41, 5.74) is 0. The highest BCUT2D eigenvalue weighted by molar-refractivity contribution is 5.84. The first-order valence-corrected chi connectivity index (χ1v) is 8.86. The highest BCUT2D eigenvalue weighted by Gasteiger charge is 2.14. The Morgan fingerprint density at radius 3 is 2.44 bits per heavy atom. The van der Waals surface area contributed by atoms with Crippen molar-refractivity contribution in [2.24, 2.45) is 0 Å². The van der Waals surface area contributed by atoms with E-state index in [-0.39, 0.29) is 5.91 Å². The fourth-order valence-electron chi connectivity index (χ4n) is 2.72. The standard InChI is InChI=1S/C22H23NO4/c1-16(27-19-12-11-17-7-3-4-8-18(17)15-19)22(24)23-13-14-26-21-10-6-5-9-20(21)25-2/h3-12,15-16H,13-14H2,1-2H3,(H,23,24)/t16-/m0/s1. The van der Waals surface area contributed by atoms with E-state index in [1.807, 2.05) is 66.7 Å². The normalized spacial score (nSPS) is 11.6. The minimum Gasteiger partial charge on any atom is -0.493 e. The molecule has 0 aliphatic rings. The first kappa shape index (κ1) is 18.6. The topological polar surface area (TPSA) is 56.8 Å². The molecule has 5 nitrogen and oxygen atoms in total. The van der Waals surface area contributed by atoms with Crippen molar-refractivity contribution in [3.8, 4) is 17.2 Å². The Morgan fingerprint density at radius 1 is 0.963 bits per heavy atom. The number of nitrogens with one attached hydrogen (secondary N) is 1. The lowest BCUT2D eigenvalue weighted by Gasteiger charge is -2.16. The second-order valence-electron chi connectivity index (χ2n) is 6.06. The summed E-state index contributed by atoms with van der Waals surface area (Å²) in [5.74, 6) is 1.79. The van der Waals surface area contributed by atoms with Crippen molar-refractivity contribution < 1.29 is 19.0 Å². The number of hydrogen-bond acceptors (Lipinski definition) is 4. The molecule has 27 heavy (non-hydrogen) atoms. The molecule has 0 bridgehead atoms. The van der Waals surface area contributed by atoms with Gasteiger partial charge in [0.25, 0.3) is 5.91 Å². The van der Waals surface area contributed by atoms with Crippen LogP contribution in [0.2, 0.25) is 0 Å². The molecule has 0 aromatic heterocycles. The Morgan fingerprint density at radius 2 is 1.67 bits per heavy atom. The summed E-state index contributed by atoms with van der Waals surface area (Å²) in [5, 5.41) is 5.03. The zero-order valence-electron chi connectivity index (χ0n) is 15.5. The second kappa shape index (κ2) is 8.94. The molecule has 0 aliphatic carbocycles. The molecule has 3 aromatic rings. The summed E-state index contributed by atoms with van der Waals surface area (Å²) in [4.78, 5) is 12.2. The van der Waals surface area contributed by atoms with Gasteiger partial charge in [0.05, 0.1) is 13.7 Å². The highest BCUT2D eigenvalue weighted by Crippen LogP contribution is 2.25. The van der Waals surface area contributed by atoms with Gasteiger partial charge in [-0.1, -0.05) is 42.5 Å². The van der Waals surface area contributed by atoms with Crippen LogP contribution in [0.5, 0.6) is 17.2 Å². The van der Waals surface area contributed by atoms with E-state index in [9.17, 15) is 4.79 Å². The molecule has 3 rings (SSSR count). The molecule has 1 atom stereocenters. The molecule has 0 aliphatic heterocycles. The Balaban J connectivity index is 1.47. The molecule has 1 N–H and O–H groups in total. The van der Waals surface area contributed by atoms with Crippen molar-refractivity contribution in [1.82, 2.24) is 5.32 Å². The van der Waals surface area contributed by atoms with Gasteiger partial charge in [-0.25, -0.2) is 0 Å². The van der Waals surface area contributed by atoms with Gasteiger partial charge in [-0.05, 0) is 42.0 Å². The van der Waals surface area contributed by atoms with Crippen LogP contribution in [0.1, 0.15) is 6.92 Å². The lowest BCUT2D eigenvalue weighted by atomic mass is 10.1. The number of ether oxygens (including phenoxy) is 3. The molecule has 1 amide bonds. The van der Waals surface area contributed by atoms with Crippen LogP contribution in [0.25, 0.3) is 10.8 Å². The van der Waals surface area contributed by atoms with Crippen LogP contribution in [0.15, 0.2) is 66.7 Å². The monoisotopic (exact) mass is 365 g/mol. The summed E-state index contributed by atoms with van der Waals surface area (Å²) < 4.78 is 16.6. The van der Waals surface area contributed by atoms with Crippen molar-refractivity contribution in [2.45, 2.75) is 13.0 Å². The van der Waals surface area contributed by atoms with E-state index in [0.29, 0.717) is 30.4 Å². The minimum atomic E-state index is -0.600. The molecule has 0 heterocycles. The molecule has 0 radical (unpaired) electrons. The molecular weight excluding hydrogens is 342 g/mol. The number of benzene rings is 3. The predicted molar refractivity (Wildman–Crippen MR) is 106 cm³/mol. The summed E-state index contributed by atoms with van der Waals surface area (Å²) in [6.07, 6.45) is -0.600. The van der Waals surface area contributed by atoms with E-state index in [0.717, 1.165) is 10.8 Å². The third kappa shape index (κ3) is 4.91. The van der Waals surface area contributed by atoms with Crippen LogP contribution in [-0.4, -0.2) is 32.3 Å². The largest absolute Gasteiger partial charge is 0.493 e. The molecular formula is C22H23NO4. The van der Waals surface area contributed by atoms with Gasteiger partial charge < -0.3 is 19.5 Å². The molecule has 140 valence electrons. The van der Waals surface area contributed by atoms with E-state index in [1.54, 1.807) is 14.0 Å². The molecule has 3 aromatic carbocycles. The number of rotatable bonds is 8. The number of carbonyl (C=O) groups excluding carboxylic acids is 1. The first-order valence-electron chi connectivity index (χ1n) is 8.86. The molecule has 0 saturated carbocycles. The Labute approximate surface area is 158 Å². The number of amides is 1. The van der Waals surface area contributed by atoms with Crippen molar-refractivity contribution in [1.29, 1.82) is 0 Å². The Hall–Kier alpha value is -3.21. The Kier molecular flexibility index (Phi) is 6.15. The van der Waals surface area contributed by atoms with Gasteiger partial charge >= 0.3 is 0 Å². The van der Waals surface area contributed by atoms with Crippen LogP contribution in [0, 0.1) is 0 Å². The number of fused-ring (bicyclic) bond motifs is 1. The van der Waals surface area contributed by atoms with Crippen LogP contribution in [0.3, 0.4) is 0 Å². The quantitative estimate of drug-likeness (QED) is 0.617. The first-order chi connectivity index (χ1) is 13.2. The molecule has 5 heteroatoms. The van der Waals surface area contributed by atoms with Crippen LogP contribution in [0.4, 0.5) is 0 Å². The third-order valence-electron chi connectivity index (χ3n) is 4.13. The predicted octanol–water partition coefficient (Wildman–Crippen LogP) is 3.81.